The Bertz CT molecular complexity index is 1100. The molecule has 1 amide bonds. The lowest BCUT2D eigenvalue weighted by molar-refractivity contribution is -0.113. The van der Waals surface area contributed by atoms with Gasteiger partial charge in [-0.2, -0.15) is 0 Å². The SMILES string of the molecule is C=CCn1c(SCC(=O)Nc2ccccc2CC)nnc1C(C)Oc1cc(C)ccc1Cl. The quantitative estimate of drug-likeness (QED) is 0.297. The van der Waals surface area contributed by atoms with Gasteiger partial charge in [0.25, 0.3) is 0 Å². The molecular formula is C24H27ClN4O2S. The first-order valence-electron chi connectivity index (χ1n) is 10.4. The Morgan fingerprint density at radius 2 is 2.09 bits per heavy atom. The van der Waals surface area contributed by atoms with Gasteiger partial charge in [0.1, 0.15) is 5.75 Å². The monoisotopic (exact) mass is 470 g/mol. The number of carbonyl (C=O) groups is 1. The smallest absolute Gasteiger partial charge is 0.234 e. The Morgan fingerprint density at radius 3 is 2.84 bits per heavy atom. The fourth-order valence-corrected chi connectivity index (χ4v) is 4.14. The van der Waals surface area contributed by atoms with Gasteiger partial charge < -0.3 is 10.1 Å². The average molecular weight is 471 g/mol. The molecule has 0 fully saturated rings. The molecule has 1 N–H and O–H groups in total. The Balaban J connectivity index is 1.70. The maximum absolute atomic E-state index is 12.5. The minimum absolute atomic E-state index is 0.0959. The van der Waals surface area contributed by atoms with E-state index in [-0.39, 0.29) is 17.8 Å². The van der Waals surface area contributed by atoms with Crippen LogP contribution in [0.25, 0.3) is 0 Å². The number of nitrogens with zero attached hydrogens (tertiary/aromatic N) is 3. The van der Waals surface area contributed by atoms with Crippen LogP contribution < -0.4 is 10.1 Å². The summed E-state index contributed by atoms with van der Waals surface area (Å²) < 4.78 is 7.97. The second-order valence-corrected chi connectivity index (χ2v) is 8.63. The molecular weight excluding hydrogens is 444 g/mol. The summed E-state index contributed by atoms with van der Waals surface area (Å²) in [6.07, 6.45) is 2.23. The molecule has 32 heavy (non-hydrogen) atoms. The summed E-state index contributed by atoms with van der Waals surface area (Å²) in [7, 11) is 0. The first-order chi connectivity index (χ1) is 15.4. The molecule has 3 rings (SSSR count). The largest absolute Gasteiger partial charge is 0.481 e. The zero-order valence-corrected chi connectivity index (χ0v) is 20.0. The number of hydrogen-bond donors (Lipinski definition) is 1. The van der Waals surface area contributed by atoms with E-state index < -0.39 is 0 Å². The van der Waals surface area contributed by atoms with Gasteiger partial charge in [0.05, 0.1) is 10.8 Å². The third-order valence-corrected chi connectivity index (χ3v) is 6.09. The van der Waals surface area contributed by atoms with E-state index in [1.807, 2.05) is 60.9 Å². The second kappa shape index (κ2) is 11.2. The molecule has 1 unspecified atom stereocenters. The predicted octanol–water partition coefficient (Wildman–Crippen LogP) is 5.86. The number of aromatic nitrogens is 3. The lowest BCUT2D eigenvalue weighted by atomic mass is 10.1. The van der Waals surface area contributed by atoms with Crippen LogP contribution in [0.2, 0.25) is 5.02 Å². The molecule has 0 radical (unpaired) electrons. The van der Waals surface area contributed by atoms with Gasteiger partial charge >= 0.3 is 0 Å². The molecule has 0 spiro atoms. The van der Waals surface area contributed by atoms with Crippen molar-refractivity contribution < 1.29 is 9.53 Å². The highest BCUT2D eigenvalue weighted by atomic mass is 35.5. The number of nitrogens with one attached hydrogen (secondary N) is 1. The van der Waals surface area contributed by atoms with Gasteiger partial charge in [0.2, 0.25) is 5.91 Å². The number of rotatable bonds is 10. The van der Waals surface area contributed by atoms with E-state index in [0.717, 1.165) is 23.2 Å². The lowest BCUT2D eigenvalue weighted by Gasteiger charge is -2.17. The number of thioether (sulfide) groups is 1. The van der Waals surface area contributed by atoms with Gasteiger partial charge in [0, 0.05) is 12.2 Å². The van der Waals surface area contributed by atoms with Crippen LogP contribution >= 0.6 is 23.4 Å². The van der Waals surface area contributed by atoms with Crippen molar-refractivity contribution in [1.82, 2.24) is 14.8 Å². The number of halogens is 1. The van der Waals surface area contributed by atoms with Crippen LogP contribution in [0, 0.1) is 6.92 Å². The summed E-state index contributed by atoms with van der Waals surface area (Å²) in [6, 6.07) is 13.4. The topological polar surface area (TPSA) is 69.0 Å². The maximum atomic E-state index is 12.5. The van der Waals surface area contributed by atoms with E-state index in [2.05, 4.69) is 29.0 Å². The molecule has 2 aromatic carbocycles. The first-order valence-corrected chi connectivity index (χ1v) is 11.8. The van der Waals surface area contributed by atoms with Crippen LogP contribution in [-0.2, 0) is 17.8 Å². The Hall–Kier alpha value is -2.77. The van der Waals surface area contributed by atoms with E-state index in [4.69, 9.17) is 16.3 Å². The van der Waals surface area contributed by atoms with Crippen LogP contribution in [0.5, 0.6) is 5.75 Å². The summed E-state index contributed by atoms with van der Waals surface area (Å²) in [5.41, 5.74) is 2.99. The van der Waals surface area contributed by atoms with Gasteiger partial charge in [-0.1, -0.05) is 60.6 Å². The van der Waals surface area contributed by atoms with Gasteiger partial charge in [0.15, 0.2) is 17.1 Å². The van der Waals surface area contributed by atoms with E-state index in [1.165, 1.54) is 11.8 Å². The molecule has 0 saturated carbocycles. The molecule has 1 aromatic heterocycles. The summed E-state index contributed by atoms with van der Waals surface area (Å²) >= 11 is 7.60. The van der Waals surface area contributed by atoms with Gasteiger partial charge in [-0.05, 0) is 49.6 Å². The molecule has 3 aromatic rings. The van der Waals surface area contributed by atoms with Crippen molar-refractivity contribution in [3.05, 3.63) is 77.1 Å². The van der Waals surface area contributed by atoms with E-state index in [1.54, 1.807) is 6.08 Å². The van der Waals surface area contributed by atoms with Gasteiger partial charge in [-0.15, -0.1) is 16.8 Å². The molecule has 1 heterocycles. The molecule has 0 aliphatic carbocycles. The van der Waals surface area contributed by atoms with Crippen molar-refractivity contribution in [2.24, 2.45) is 0 Å². The van der Waals surface area contributed by atoms with Crippen molar-refractivity contribution in [3.8, 4) is 5.75 Å². The fraction of sp³-hybridized carbons (Fsp3) is 0.292. The van der Waals surface area contributed by atoms with Crippen LogP contribution in [0.1, 0.15) is 36.9 Å². The maximum Gasteiger partial charge on any atom is 0.234 e. The van der Waals surface area contributed by atoms with E-state index >= 15 is 0 Å². The van der Waals surface area contributed by atoms with Crippen LogP contribution in [0.4, 0.5) is 5.69 Å². The van der Waals surface area contributed by atoms with Crippen LogP contribution in [-0.4, -0.2) is 26.4 Å². The van der Waals surface area contributed by atoms with E-state index in [0.29, 0.717) is 28.3 Å². The Labute approximate surface area is 198 Å². The third kappa shape index (κ3) is 5.93. The number of benzene rings is 2. The van der Waals surface area contributed by atoms with Gasteiger partial charge in [-0.3, -0.25) is 9.36 Å². The highest BCUT2D eigenvalue weighted by Gasteiger charge is 2.20. The predicted molar refractivity (Wildman–Crippen MR) is 131 cm³/mol. The summed E-state index contributed by atoms with van der Waals surface area (Å²) in [6.45, 7) is 10.3. The number of ether oxygens (including phenoxy) is 1. The standard InChI is InChI=1S/C24H27ClN4O2S/c1-5-13-29-23(17(4)31-21-14-16(3)11-12-19(21)25)27-28-24(29)32-15-22(30)26-20-10-8-7-9-18(20)6-2/h5,7-12,14,17H,1,6,13,15H2,2-4H3,(H,26,30). The van der Waals surface area contributed by atoms with Crippen molar-refractivity contribution in [2.45, 2.75) is 45.0 Å². The van der Waals surface area contributed by atoms with Crippen LogP contribution in [0.3, 0.4) is 0 Å². The van der Waals surface area contributed by atoms with E-state index in [9.17, 15) is 4.79 Å². The molecule has 6 nitrogen and oxygen atoms in total. The normalized spacial score (nSPS) is 11.8. The first kappa shape index (κ1) is 23.9. The number of hydrogen-bond acceptors (Lipinski definition) is 5. The number of para-hydroxylation sites is 1. The Kier molecular flexibility index (Phi) is 8.36. The Morgan fingerprint density at radius 1 is 1.31 bits per heavy atom. The molecule has 0 bridgehead atoms. The number of aryl methyl sites for hydroxylation is 2. The minimum atomic E-state index is -0.388. The average Bonchev–Trinajstić information content (AvgIpc) is 3.18. The minimum Gasteiger partial charge on any atom is -0.481 e. The molecule has 0 saturated heterocycles. The summed E-state index contributed by atoms with van der Waals surface area (Å²) in [4.78, 5) is 12.5. The molecule has 0 aliphatic heterocycles. The van der Waals surface area contributed by atoms with Crippen molar-refractivity contribution in [1.29, 1.82) is 0 Å². The molecule has 8 heteroatoms. The summed E-state index contributed by atoms with van der Waals surface area (Å²) in [5, 5.41) is 12.7. The van der Waals surface area contributed by atoms with Gasteiger partial charge in [-0.25, -0.2) is 0 Å². The second-order valence-electron chi connectivity index (χ2n) is 7.28. The molecule has 168 valence electrons. The zero-order valence-electron chi connectivity index (χ0n) is 18.5. The van der Waals surface area contributed by atoms with Crippen LogP contribution in [0.15, 0.2) is 60.3 Å². The third-order valence-electron chi connectivity index (χ3n) is 4.82. The highest BCUT2D eigenvalue weighted by molar-refractivity contribution is 7.99. The lowest BCUT2D eigenvalue weighted by Crippen LogP contribution is -2.16. The highest BCUT2D eigenvalue weighted by Crippen LogP contribution is 2.30. The van der Waals surface area contributed by atoms with Crippen molar-refractivity contribution in [3.63, 3.8) is 0 Å². The number of anilines is 1. The number of carbonyl (C=O) groups excluding carboxylic acids is 1. The zero-order chi connectivity index (χ0) is 23.1. The van der Waals surface area contributed by atoms with Crippen molar-refractivity contribution in [2.75, 3.05) is 11.1 Å². The molecule has 0 aliphatic rings. The number of amides is 1. The fourth-order valence-electron chi connectivity index (χ4n) is 3.22. The molecule has 1 atom stereocenters. The number of allylic oxidation sites excluding steroid dienone is 1. The summed E-state index contributed by atoms with van der Waals surface area (Å²) in [5.74, 6) is 1.35. The van der Waals surface area contributed by atoms with Crippen molar-refractivity contribution >= 4 is 35.0 Å².